The van der Waals surface area contributed by atoms with Crippen molar-refractivity contribution < 1.29 is 30.9 Å². The molecule has 2 aromatic rings. The van der Waals surface area contributed by atoms with Gasteiger partial charge in [-0.15, -0.1) is 0 Å². The molecule has 0 spiro atoms. The Balaban J connectivity index is 1.38. The van der Waals surface area contributed by atoms with Gasteiger partial charge in [0.05, 0.1) is 7.11 Å². The van der Waals surface area contributed by atoms with Crippen LogP contribution in [0.25, 0.3) is 5.32 Å². The number of fused-ring (bicyclic) bond motifs is 1. The summed E-state index contributed by atoms with van der Waals surface area (Å²) in [7, 11) is 1.71. The Bertz CT molecular complexity index is 1170. The number of hydrogen-bond donors (Lipinski definition) is 0. The topological polar surface area (TPSA) is 26.6 Å². The number of likely N-dealkylation sites (tertiary alicyclic amines) is 1. The van der Waals surface area contributed by atoms with E-state index in [4.69, 9.17) is 10.1 Å². The Hall–Kier alpha value is -2.36. The van der Waals surface area contributed by atoms with Crippen LogP contribution >= 0.6 is 0 Å². The van der Waals surface area contributed by atoms with E-state index in [0.717, 1.165) is 41.3 Å². The van der Waals surface area contributed by atoms with Gasteiger partial charge in [-0.05, 0) is 0 Å². The van der Waals surface area contributed by atoms with Crippen LogP contribution in [0.4, 0.5) is 7.55 Å². The van der Waals surface area contributed by atoms with Gasteiger partial charge in [0.15, 0.2) is 0 Å². The van der Waals surface area contributed by atoms with Crippen molar-refractivity contribution in [3.05, 3.63) is 106 Å². The molecule has 0 aromatic heterocycles. The summed E-state index contributed by atoms with van der Waals surface area (Å²) >= 11 is -2.06. The second-order valence-electron chi connectivity index (χ2n) is 9.52. The first kappa shape index (κ1) is 24.3. The number of alkyl halides is 1. The Labute approximate surface area is 215 Å². The van der Waals surface area contributed by atoms with Crippen LogP contribution in [-0.4, -0.2) is 42.2 Å². The summed E-state index contributed by atoms with van der Waals surface area (Å²) in [6.45, 7) is 1.78. The van der Waals surface area contributed by atoms with Gasteiger partial charge in [0.25, 0.3) is 0 Å². The zero-order valence-corrected chi connectivity index (χ0v) is 22.8. The molecular formula is C29H30F2N2OW-. The molecule has 2 atom stereocenters. The average Bonchev–Trinajstić information content (AvgIpc) is 2.89. The molecule has 1 aliphatic carbocycles. The van der Waals surface area contributed by atoms with E-state index in [1.807, 2.05) is 24.4 Å². The van der Waals surface area contributed by atoms with Gasteiger partial charge >= 0.3 is 209 Å². The van der Waals surface area contributed by atoms with E-state index in [2.05, 4.69) is 53.4 Å². The Kier molecular flexibility index (Phi) is 7.74. The molecule has 3 aliphatic rings. The molecule has 3 nitrogen and oxygen atoms in total. The van der Waals surface area contributed by atoms with Crippen LogP contribution in [0, 0.1) is 5.92 Å². The van der Waals surface area contributed by atoms with E-state index in [9.17, 15) is 7.55 Å². The number of benzene rings is 2. The van der Waals surface area contributed by atoms with E-state index in [1.54, 1.807) is 7.11 Å². The van der Waals surface area contributed by atoms with Gasteiger partial charge in [-0.3, -0.25) is 0 Å². The Morgan fingerprint density at radius 2 is 2.00 bits per heavy atom. The standard InChI is InChI=1S/C29H30FN2O.FH.W/c1-33-26-12-14-28-23(16-26)10-13-27(22-6-3-2-4-7-22)29(28)24-9-11-25(31-18-24)8-5-15-32-19-21(17-30)20-32;;/h2-4,6-9,11-12,14,16,18,21,27,29H,10,13,15,17,19-20H2,1H3;1H;/q-1;;+1/p-1/b25-8-;;. The predicted octanol–water partition coefficient (Wildman–Crippen LogP) is 6.26. The molecule has 0 bridgehead atoms. The summed E-state index contributed by atoms with van der Waals surface area (Å²) in [6.07, 6.45) is 10.1. The number of halogens is 2. The molecule has 2 aromatic carbocycles. The summed E-state index contributed by atoms with van der Waals surface area (Å²) in [4.78, 5) is 2.13. The van der Waals surface area contributed by atoms with E-state index in [0.29, 0.717) is 12.5 Å². The predicted molar refractivity (Wildman–Crippen MR) is 134 cm³/mol. The molecule has 1 fully saturated rings. The molecule has 0 radical (unpaired) electrons. The molecule has 6 heteroatoms. The minimum absolute atomic E-state index is 0.120. The molecule has 1 saturated heterocycles. The number of methoxy groups -OCH3 is 1. The fraction of sp³-hybridized carbons (Fsp3) is 0.345. The summed E-state index contributed by atoms with van der Waals surface area (Å²) < 4.78 is 32.9. The van der Waals surface area contributed by atoms with Crippen molar-refractivity contribution in [2.45, 2.75) is 24.7 Å². The normalized spacial score (nSPS) is 23.9. The number of nitrogens with zero attached hydrogens (tertiary/aromatic N) is 2. The molecule has 2 aliphatic heterocycles. The van der Waals surface area contributed by atoms with Gasteiger partial charge in [-0.25, -0.2) is 0 Å². The van der Waals surface area contributed by atoms with Gasteiger partial charge in [0, 0.05) is 0 Å². The minimum atomic E-state index is -2.06. The molecule has 35 heavy (non-hydrogen) atoms. The summed E-state index contributed by atoms with van der Waals surface area (Å²) in [5.41, 5.74) is 5.98. The summed E-state index contributed by atoms with van der Waals surface area (Å²) in [6, 6.07) is 17.1. The Morgan fingerprint density at radius 1 is 1.17 bits per heavy atom. The van der Waals surface area contributed by atoms with Crippen LogP contribution in [-0.2, 0) is 25.0 Å². The van der Waals surface area contributed by atoms with Crippen molar-refractivity contribution >= 4 is 3.90 Å². The van der Waals surface area contributed by atoms with Crippen LogP contribution in [0.2, 0.25) is 0 Å². The molecular weight excluding hydrogens is 614 g/mol. The van der Waals surface area contributed by atoms with Crippen LogP contribution < -0.4 is 4.74 Å². The van der Waals surface area contributed by atoms with Gasteiger partial charge in [-0.2, -0.15) is 0 Å². The number of hydrogen-bond acceptors (Lipinski definition) is 2. The quantitative estimate of drug-likeness (QED) is 0.356. The maximum atomic E-state index is 13.8. The third-order valence-electron chi connectivity index (χ3n) is 7.25. The van der Waals surface area contributed by atoms with Crippen LogP contribution in [0.15, 0.2) is 84.2 Å². The molecule has 2 unspecified atom stereocenters. The van der Waals surface area contributed by atoms with Gasteiger partial charge in [0.1, 0.15) is 0 Å². The second-order valence-corrected chi connectivity index (χ2v) is 12.0. The van der Waals surface area contributed by atoms with E-state index in [-0.39, 0.29) is 18.5 Å². The fourth-order valence-electron chi connectivity index (χ4n) is 5.46. The SMILES string of the molecule is COc1ccc2c(c1)CCC(c1ccccc1)C2C1=C[N-]/C(=C\[C](CN2CC(CF)C2)=[W][F])C=C1. The van der Waals surface area contributed by atoms with Gasteiger partial charge < -0.3 is 0 Å². The average molecular weight is 644 g/mol. The van der Waals surface area contributed by atoms with E-state index < -0.39 is 18.6 Å². The third-order valence-corrected chi connectivity index (χ3v) is 8.85. The monoisotopic (exact) mass is 644 g/mol. The molecule has 0 amide bonds. The van der Waals surface area contributed by atoms with Crippen molar-refractivity contribution in [1.29, 1.82) is 0 Å². The molecule has 5 rings (SSSR count). The van der Waals surface area contributed by atoms with E-state index in [1.165, 1.54) is 22.3 Å². The summed E-state index contributed by atoms with van der Waals surface area (Å²) in [5.74, 6) is 1.58. The van der Waals surface area contributed by atoms with Crippen molar-refractivity contribution in [3.63, 3.8) is 0 Å². The first-order valence-corrected chi connectivity index (χ1v) is 14.7. The maximum absolute atomic E-state index is 13.8. The number of aryl methyl sites for hydroxylation is 1. The van der Waals surface area contributed by atoms with Crippen LogP contribution in [0.1, 0.15) is 34.9 Å². The molecule has 183 valence electrons. The summed E-state index contributed by atoms with van der Waals surface area (Å²) in [5, 5.41) is 4.74. The second kappa shape index (κ2) is 11.1. The third kappa shape index (κ3) is 5.42. The molecule has 2 heterocycles. The first-order chi connectivity index (χ1) is 17.2. The number of ether oxygens (including phenoxy) is 1. The van der Waals surface area contributed by atoms with Crippen molar-refractivity contribution in [3.8, 4) is 5.75 Å². The van der Waals surface area contributed by atoms with Gasteiger partial charge in [0.2, 0.25) is 0 Å². The van der Waals surface area contributed by atoms with Crippen molar-refractivity contribution in [2.24, 2.45) is 5.92 Å². The Morgan fingerprint density at radius 3 is 2.69 bits per heavy atom. The molecule has 0 N–H and O–H groups in total. The fourth-order valence-corrected chi connectivity index (χ4v) is 6.89. The molecule has 0 saturated carbocycles. The van der Waals surface area contributed by atoms with E-state index >= 15 is 0 Å². The zero-order valence-electron chi connectivity index (χ0n) is 19.9. The van der Waals surface area contributed by atoms with Crippen molar-refractivity contribution in [1.82, 2.24) is 4.90 Å². The van der Waals surface area contributed by atoms with Crippen LogP contribution in [0.3, 0.4) is 0 Å². The van der Waals surface area contributed by atoms with Gasteiger partial charge in [-0.1, -0.05) is 0 Å². The zero-order chi connectivity index (χ0) is 24.2. The number of rotatable bonds is 7. The van der Waals surface area contributed by atoms with Crippen LogP contribution in [0.5, 0.6) is 5.75 Å². The van der Waals surface area contributed by atoms with Crippen molar-refractivity contribution in [2.75, 3.05) is 33.4 Å². The first-order valence-electron chi connectivity index (χ1n) is 12.1. The number of allylic oxidation sites excluding steroid dienone is 3.